The van der Waals surface area contributed by atoms with Gasteiger partial charge in [0, 0.05) is 23.2 Å². The second-order valence-electron chi connectivity index (χ2n) is 17.3. The molecule has 46 heavy (non-hydrogen) atoms. The van der Waals surface area contributed by atoms with E-state index < -0.39 is 87.8 Å². The van der Waals surface area contributed by atoms with Crippen LogP contribution in [0.2, 0.25) is 0 Å². The summed E-state index contributed by atoms with van der Waals surface area (Å²) >= 11 is 0. The highest BCUT2D eigenvalue weighted by Crippen LogP contribution is 2.87. The number of hydrogen-bond acceptors (Lipinski definition) is 11. The molecule has 15 atom stereocenters. The zero-order chi connectivity index (χ0) is 34.2. The molecule has 4 saturated carbocycles. The van der Waals surface area contributed by atoms with Crippen molar-refractivity contribution >= 4 is 11.6 Å². The number of aliphatic hydroxyl groups excluding tert-OH is 6. The first-order valence-electron chi connectivity index (χ1n) is 17.0. The Morgan fingerprint density at radius 2 is 1.76 bits per heavy atom. The first-order chi connectivity index (χ1) is 21.1. The van der Waals surface area contributed by atoms with Crippen molar-refractivity contribution in [1.29, 1.82) is 0 Å². The van der Waals surface area contributed by atoms with Crippen molar-refractivity contribution < 1.29 is 54.8 Å². The number of aliphatic hydroxyl groups is 7. The zero-order valence-corrected chi connectivity index (χ0v) is 28.1. The molecule has 260 valence electrons. The molecule has 15 unspecified atom stereocenters. The van der Waals surface area contributed by atoms with E-state index in [0.29, 0.717) is 12.8 Å². The van der Waals surface area contributed by atoms with Gasteiger partial charge in [0.25, 0.3) is 0 Å². The molecule has 0 amide bonds. The number of carbonyl (C=O) groups is 2. The molecular formula is C35H54O11. The normalized spacial score (nSPS) is 50.8. The molecule has 0 aromatic rings. The van der Waals surface area contributed by atoms with Crippen molar-refractivity contribution in [1.82, 2.24) is 0 Å². The van der Waals surface area contributed by atoms with Gasteiger partial charge in [-0.15, -0.1) is 0 Å². The first-order valence-corrected chi connectivity index (χ1v) is 17.0. The van der Waals surface area contributed by atoms with Gasteiger partial charge in [-0.25, -0.2) is 0 Å². The highest BCUT2D eigenvalue weighted by atomic mass is 16.7. The van der Waals surface area contributed by atoms with Crippen LogP contribution in [-0.2, 0) is 19.1 Å². The average Bonchev–Trinajstić information content (AvgIpc) is 3.62. The molecule has 0 aromatic heterocycles. The van der Waals surface area contributed by atoms with Crippen LogP contribution in [0.4, 0.5) is 0 Å². The number of hydrogen-bond donors (Lipinski definition) is 7. The monoisotopic (exact) mass is 650 g/mol. The Morgan fingerprint density at radius 3 is 2.39 bits per heavy atom. The number of ketones is 2. The minimum atomic E-state index is -1.63. The second-order valence-corrected chi connectivity index (χ2v) is 17.3. The SMILES string of the molecule is CC(CC(=O)C(O)C(C)(C)O)C1C(=O)C(O)C2(C)C3=CCC4C(C)(C)C(OC5OCC(O)C(O)C5O)CCC45CC35C(O)CC12C. The van der Waals surface area contributed by atoms with Crippen LogP contribution in [0, 0.1) is 44.8 Å². The predicted molar refractivity (Wildman–Crippen MR) is 164 cm³/mol. The lowest BCUT2D eigenvalue weighted by atomic mass is 9.44. The molecule has 2 spiro atoms. The molecule has 1 aliphatic heterocycles. The summed E-state index contributed by atoms with van der Waals surface area (Å²) in [6, 6.07) is 0. The largest absolute Gasteiger partial charge is 0.392 e. The van der Waals surface area contributed by atoms with E-state index in [0.717, 1.165) is 18.4 Å². The number of ether oxygens (including phenoxy) is 2. The number of fused-ring (bicyclic) bond motifs is 2. The molecule has 1 heterocycles. The smallest absolute Gasteiger partial charge is 0.186 e. The van der Waals surface area contributed by atoms with E-state index in [4.69, 9.17) is 9.47 Å². The standard InChI is InChI=1S/C35H54O11/c1-16(12-17(36)27(42)31(4,5)44)23-25(40)28(43)33(7)20-9-8-19-30(2,3)22(46-29-26(41)24(39)18(37)14-45-29)10-11-34(19)15-35(20,34)21(38)13-32(23,33)6/h9,16,18-19,21-24,26-29,37-39,41-44H,8,10-15H2,1-7H3. The van der Waals surface area contributed by atoms with Crippen molar-refractivity contribution in [3.05, 3.63) is 11.6 Å². The second kappa shape index (κ2) is 10.6. The first kappa shape index (κ1) is 34.6. The molecule has 11 nitrogen and oxygen atoms in total. The van der Waals surface area contributed by atoms with E-state index >= 15 is 0 Å². The number of allylic oxidation sites excluding steroid dienone is 1. The molecule has 11 heteroatoms. The molecule has 7 N–H and O–H groups in total. The molecule has 0 bridgehead atoms. The van der Waals surface area contributed by atoms with Gasteiger partial charge in [0.15, 0.2) is 17.9 Å². The van der Waals surface area contributed by atoms with Crippen molar-refractivity contribution in [3.63, 3.8) is 0 Å². The summed E-state index contributed by atoms with van der Waals surface area (Å²) in [7, 11) is 0. The van der Waals surface area contributed by atoms with E-state index in [9.17, 15) is 45.3 Å². The van der Waals surface area contributed by atoms with Gasteiger partial charge >= 0.3 is 0 Å². The van der Waals surface area contributed by atoms with Crippen LogP contribution in [-0.4, -0.2) is 109 Å². The summed E-state index contributed by atoms with van der Waals surface area (Å²) in [6.07, 6.45) is -4.04. The third kappa shape index (κ3) is 4.29. The van der Waals surface area contributed by atoms with Crippen LogP contribution in [0.3, 0.4) is 0 Å². The number of rotatable bonds is 7. The molecule has 5 aliphatic carbocycles. The van der Waals surface area contributed by atoms with Gasteiger partial charge in [0.05, 0.1) is 24.4 Å². The predicted octanol–water partition coefficient (Wildman–Crippen LogP) is 1.02. The highest BCUT2D eigenvalue weighted by molar-refractivity contribution is 5.92. The van der Waals surface area contributed by atoms with E-state index in [2.05, 4.69) is 19.9 Å². The molecule has 6 rings (SSSR count). The van der Waals surface area contributed by atoms with Crippen LogP contribution in [0.25, 0.3) is 0 Å². The summed E-state index contributed by atoms with van der Waals surface area (Å²) in [5, 5.41) is 75.3. The van der Waals surface area contributed by atoms with Crippen LogP contribution < -0.4 is 0 Å². The highest BCUT2D eigenvalue weighted by Gasteiger charge is 2.85. The molecule has 6 aliphatic rings. The van der Waals surface area contributed by atoms with Gasteiger partial charge in [-0.05, 0) is 74.0 Å². The maximum Gasteiger partial charge on any atom is 0.186 e. The third-order valence-corrected chi connectivity index (χ3v) is 14.2. The Kier molecular flexibility index (Phi) is 7.98. The van der Waals surface area contributed by atoms with Gasteiger partial charge in [-0.3, -0.25) is 9.59 Å². The summed E-state index contributed by atoms with van der Waals surface area (Å²) in [4.78, 5) is 27.0. The van der Waals surface area contributed by atoms with Crippen molar-refractivity contribution in [2.75, 3.05) is 6.61 Å². The maximum absolute atomic E-state index is 14.0. The summed E-state index contributed by atoms with van der Waals surface area (Å²) in [5.74, 6) is -2.09. The Morgan fingerprint density at radius 1 is 1.11 bits per heavy atom. The topological polar surface area (TPSA) is 194 Å². The minimum absolute atomic E-state index is 0.0891. The maximum atomic E-state index is 14.0. The van der Waals surface area contributed by atoms with Crippen LogP contribution in [0.5, 0.6) is 0 Å². The van der Waals surface area contributed by atoms with Crippen LogP contribution in [0.1, 0.15) is 87.0 Å². The Hall–Kier alpha value is -1.28. The fraction of sp³-hybridized carbons (Fsp3) is 0.886. The van der Waals surface area contributed by atoms with E-state index in [-0.39, 0.29) is 42.7 Å². The van der Waals surface area contributed by atoms with Crippen molar-refractivity contribution in [2.24, 2.45) is 44.8 Å². The lowest BCUT2D eigenvalue weighted by Gasteiger charge is -2.61. The molecule has 5 fully saturated rings. The fourth-order valence-corrected chi connectivity index (χ4v) is 11.6. The van der Waals surface area contributed by atoms with Crippen LogP contribution in [0.15, 0.2) is 11.6 Å². The Labute approximate surface area is 271 Å². The molecule has 0 aromatic carbocycles. The molecular weight excluding hydrogens is 596 g/mol. The van der Waals surface area contributed by atoms with Gasteiger partial charge in [-0.2, -0.15) is 0 Å². The van der Waals surface area contributed by atoms with E-state index in [1.54, 1.807) is 6.92 Å². The van der Waals surface area contributed by atoms with Crippen LogP contribution >= 0.6 is 0 Å². The molecule has 1 saturated heterocycles. The van der Waals surface area contributed by atoms with Gasteiger partial charge < -0.3 is 45.2 Å². The van der Waals surface area contributed by atoms with Gasteiger partial charge in [0.1, 0.15) is 30.5 Å². The number of carbonyl (C=O) groups excluding carboxylic acids is 2. The summed E-state index contributed by atoms with van der Waals surface area (Å²) < 4.78 is 11.9. The Balaban J connectivity index is 1.30. The van der Waals surface area contributed by atoms with Crippen molar-refractivity contribution in [2.45, 2.75) is 142 Å². The van der Waals surface area contributed by atoms with Gasteiger partial charge in [0.2, 0.25) is 0 Å². The zero-order valence-electron chi connectivity index (χ0n) is 28.1. The van der Waals surface area contributed by atoms with E-state index in [1.165, 1.54) is 13.8 Å². The third-order valence-electron chi connectivity index (χ3n) is 14.2. The quantitative estimate of drug-likeness (QED) is 0.195. The lowest BCUT2D eigenvalue weighted by molar-refractivity contribution is -0.301. The average molecular weight is 651 g/mol. The lowest BCUT2D eigenvalue weighted by Crippen LogP contribution is -2.60. The van der Waals surface area contributed by atoms with E-state index in [1.807, 2.05) is 13.8 Å². The van der Waals surface area contributed by atoms with Gasteiger partial charge in [-0.1, -0.05) is 46.3 Å². The summed E-state index contributed by atoms with van der Waals surface area (Å²) in [6.45, 7) is 12.5. The van der Waals surface area contributed by atoms with Crippen molar-refractivity contribution in [3.8, 4) is 0 Å². The molecule has 0 radical (unpaired) electrons. The summed E-state index contributed by atoms with van der Waals surface area (Å²) in [5.41, 5.74) is -3.82. The Bertz CT molecular complexity index is 1310. The number of Topliss-reactive ketones (excluding diaryl/α,β-unsaturated/α-hetero) is 2. The fourth-order valence-electron chi connectivity index (χ4n) is 11.6. The minimum Gasteiger partial charge on any atom is -0.392 e.